The summed E-state index contributed by atoms with van der Waals surface area (Å²) in [5.74, 6) is 0. The van der Waals surface area contributed by atoms with Gasteiger partial charge < -0.3 is 10.7 Å². The van der Waals surface area contributed by atoms with Crippen molar-refractivity contribution in [3.8, 4) is 0 Å². The molecule has 94 valence electrons. The van der Waals surface area contributed by atoms with Gasteiger partial charge in [0.05, 0.1) is 0 Å². The molecule has 0 saturated heterocycles. The van der Waals surface area contributed by atoms with Crippen molar-refractivity contribution in [2.24, 2.45) is 5.73 Å². The zero-order valence-corrected chi connectivity index (χ0v) is 10.9. The van der Waals surface area contributed by atoms with Crippen LogP contribution in [0, 0.1) is 0 Å². The number of aromatic amines is 1. The monoisotopic (exact) mass is 261 g/mol. The van der Waals surface area contributed by atoms with Crippen LogP contribution in [0.5, 0.6) is 0 Å². The first-order valence-corrected chi connectivity index (χ1v) is 6.57. The van der Waals surface area contributed by atoms with Crippen molar-refractivity contribution in [1.82, 2.24) is 9.97 Å². The Morgan fingerprint density at radius 3 is 2.67 bits per heavy atom. The Morgan fingerprint density at radius 1 is 1.28 bits per heavy atom. The molecule has 2 aromatic rings. The Balaban J connectivity index is 2.08. The maximum absolute atomic E-state index is 11.2. The minimum atomic E-state index is -0.145. The highest BCUT2D eigenvalue weighted by Crippen LogP contribution is 2.27. The fourth-order valence-corrected chi connectivity index (χ4v) is 2.54. The van der Waals surface area contributed by atoms with E-state index in [1.54, 1.807) is 0 Å². The quantitative estimate of drug-likeness (QED) is 0.652. The van der Waals surface area contributed by atoms with Crippen molar-refractivity contribution in [3.63, 3.8) is 0 Å². The number of H-pyrrole nitrogens is 1. The fourth-order valence-electron chi connectivity index (χ4n) is 1.61. The molecule has 0 bridgehead atoms. The van der Waals surface area contributed by atoms with E-state index in [0.717, 1.165) is 5.56 Å². The van der Waals surface area contributed by atoms with Gasteiger partial charge in [-0.3, -0.25) is 4.79 Å². The smallest absolute Gasteiger partial charge is 0.251 e. The van der Waals surface area contributed by atoms with Crippen LogP contribution >= 0.6 is 11.8 Å². The van der Waals surface area contributed by atoms with E-state index in [9.17, 15) is 4.79 Å². The Morgan fingerprint density at radius 2 is 2.00 bits per heavy atom. The average molecular weight is 261 g/mol. The third kappa shape index (κ3) is 3.21. The highest BCUT2D eigenvalue weighted by Gasteiger charge is 2.16. The van der Waals surface area contributed by atoms with E-state index in [-0.39, 0.29) is 16.9 Å². The maximum Gasteiger partial charge on any atom is 0.251 e. The molecule has 3 N–H and O–H groups in total. The summed E-state index contributed by atoms with van der Waals surface area (Å²) in [6.45, 7) is 2.02. The third-order valence-electron chi connectivity index (χ3n) is 2.64. The second kappa shape index (κ2) is 5.84. The molecule has 5 heteroatoms. The lowest BCUT2D eigenvalue weighted by molar-refractivity contribution is 0.711. The van der Waals surface area contributed by atoms with E-state index in [4.69, 9.17) is 5.73 Å². The van der Waals surface area contributed by atoms with Gasteiger partial charge in [0.2, 0.25) is 0 Å². The average Bonchev–Trinajstić information content (AvgIpc) is 2.39. The number of aromatic nitrogens is 2. The standard InChI is InChI=1S/C13H15N3OS/c1-9(12(14)10-5-3-2-4-6-10)18-13-15-8-7-11(17)16-13/h2-9,12H,14H2,1H3,(H,15,16,17). The van der Waals surface area contributed by atoms with Gasteiger partial charge in [-0.25, -0.2) is 4.98 Å². The summed E-state index contributed by atoms with van der Waals surface area (Å²) in [7, 11) is 0. The molecule has 2 rings (SSSR count). The first-order chi connectivity index (χ1) is 8.66. The molecule has 0 aliphatic rings. The van der Waals surface area contributed by atoms with Crippen molar-refractivity contribution < 1.29 is 0 Å². The van der Waals surface area contributed by atoms with E-state index in [1.165, 1.54) is 24.0 Å². The van der Waals surface area contributed by atoms with Crippen molar-refractivity contribution in [2.45, 2.75) is 23.4 Å². The van der Waals surface area contributed by atoms with Gasteiger partial charge in [0, 0.05) is 23.6 Å². The van der Waals surface area contributed by atoms with E-state index < -0.39 is 0 Å². The SMILES string of the molecule is CC(Sc1nccc(=O)[nH]1)C(N)c1ccccc1. The van der Waals surface area contributed by atoms with Gasteiger partial charge in [-0.2, -0.15) is 0 Å². The molecule has 18 heavy (non-hydrogen) atoms. The topological polar surface area (TPSA) is 71.8 Å². The number of nitrogens with two attached hydrogens (primary N) is 1. The zero-order valence-electron chi connectivity index (χ0n) is 10.0. The number of rotatable bonds is 4. The molecule has 0 aliphatic carbocycles. The second-order valence-corrected chi connectivity index (χ2v) is 5.36. The highest BCUT2D eigenvalue weighted by atomic mass is 32.2. The van der Waals surface area contributed by atoms with Gasteiger partial charge in [0.15, 0.2) is 5.16 Å². The van der Waals surface area contributed by atoms with Crippen molar-refractivity contribution in [2.75, 3.05) is 0 Å². The molecule has 2 atom stereocenters. The molecule has 1 aromatic heterocycles. The summed E-state index contributed by atoms with van der Waals surface area (Å²) < 4.78 is 0. The third-order valence-corrected chi connectivity index (χ3v) is 3.73. The summed E-state index contributed by atoms with van der Waals surface area (Å²) in [5.41, 5.74) is 7.12. The number of benzene rings is 1. The van der Waals surface area contributed by atoms with E-state index in [2.05, 4.69) is 9.97 Å². The molecule has 0 aliphatic heterocycles. The van der Waals surface area contributed by atoms with Crippen molar-refractivity contribution in [1.29, 1.82) is 0 Å². The van der Waals surface area contributed by atoms with E-state index >= 15 is 0 Å². The van der Waals surface area contributed by atoms with Crippen LogP contribution in [-0.2, 0) is 0 Å². The Bertz CT molecular complexity index is 555. The second-order valence-electron chi connectivity index (χ2n) is 4.00. The molecule has 1 heterocycles. The van der Waals surface area contributed by atoms with Crippen molar-refractivity contribution in [3.05, 3.63) is 58.5 Å². The number of thioether (sulfide) groups is 1. The molecular formula is C13H15N3OS. The summed E-state index contributed by atoms with van der Waals surface area (Å²) in [6, 6.07) is 11.2. The van der Waals surface area contributed by atoms with Crippen LogP contribution in [0.1, 0.15) is 18.5 Å². The van der Waals surface area contributed by atoms with Crippen LogP contribution in [-0.4, -0.2) is 15.2 Å². The van der Waals surface area contributed by atoms with Crippen molar-refractivity contribution >= 4 is 11.8 Å². The molecule has 0 fully saturated rings. The lowest BCUT2D eigenvalue weighted by Gasteiger charge is -2.19. The minimum absolute atomic E-state index is 0.0956. The summed E-state index contributed by atoms with van der Waals surface area (Å²) in [5, 5.41) is 0.722. The highest BCUT2D eigenvalue weighted by molar-refractivity contribution is 7.99. The van der Waals surface area contributed by atoms with Gasteiger partial charge in [-0.15, -0.1) is 0 Å². The van der Waals surface area contributed by atoms with Crippen LogP contribution < -0.4 is 11.3 Å². The molecule has 4 nitrogen and oxygen atoms in total. The minimum Gasteiger partial charge on any atom is -0.323 e. The van der Waals surface area contributed by atoms with Crippen LogP contribution in [0.4, 0.5) is 0 Å². The van der Waals surface area contributed by atoms with E-state index in [0.29, 0.717) is 5.16 Å². The Kier molecular flexibility index (Phi) is 4.17. The predicted octanol–water partition coefficient (Wildman–Crippen LogP) is 1.95. The van der Waals surface area contributed by atoms with Gasteiger partial charge in [-0.1, -0.05) is 49.0 Å². The maximum atomic E-state index is 11.2. The van der Waals surface area contributed by atoms with Crippen LogP contribution in [0.3, 0.4) is 0 Å². The number of hydrogen-bond donors (Lipinski definition) is 2. The fraction of sp³-hybridized carbons (Fsp3) is 0.231. The summed E-state index contributed by atoms with van der Waals surface area (Å²) in [4.78, 5) is 18.0. The molecule has 1 aromatic carbocycles. The molecule has 0 saturated carbocycles. The van der Waals surface area contributed by atoms with Crippen LogP contribution in [0.15, 0.2) is 52.5 Å². The lowest BCUT2D eigenvalue weighted by Crippen LogP contribution is -2.21. The van der Waals surface area contributed by atoms with E-state index in [1.807, 2.05) is 37.3 Å². The number of nitrogens with zero attached hydrogens (tertiary/aromatic N) is 1. The lowest BCUT2D eigenvalue weighted by atomic mass is 10.1. The van der Waals surface area contributed by atoms with Gasteiger partial charge >= 0.3 is 0 Å². The number of hydrogen-bond acceptors (Lipinski definition) is 4. The largest absolute Gasteiger partial charge is 0.323 e. The van der Waals surface area contributed by atoms with Crippen LogP contribution in [0.25, 0.3) is 0 Å². The Labute approximate surface area is 110 Å². The first kappa shape index (κ1) is 12.9. The van der Waals surface area contributed by atoms with Crippen LogP contribution in [0.2, 0.25) is 0 Å². The predicted molar refractivity (Wildman–Crippen MR) is 73.5 cm³/mol. The molecule has 0 radical (unpaired) electrons. The van der Waals surface area contributed by atoms with Gasteiger partial charge in [0.1, 0.15) is 0 Å². The molecule has 0 amide bonds. The van der Waals surface area contributed by atoms with Gasteiger partial charge in [0.25, 0.3) is 5.56 Å². The van der Waals surface area contributed by atoms with Gasteiger partial charge in [-0.05, 0) is 5.56 Å². The molecular weight excluding hydrogens is 246 g/mol. The molecule has 2 unspecified atom stereocenters. The summed E-state index contributed by atoms with van der Waals surface area (Å²) >= 11 is 1.47. The first-order valence-electron chi connectivity index (χ1n) is 5.69. The summed E-state index contributed by atoms with van der Waals surface area (Å²) in [6.07, 6.45) is 1.50. The normalized spacial score (nSPS) is 14.1. The Hall–Kier alpha value is -1.59. The zero-order chi connectivity index (χ0) is 13.0. The number of nitrogens with one attached hydrogen (secondary N) is 1. The molecule has 0 spiro atoms.